The van der Waals surface area contributed by atoms with Gasteiger partial charge in [0.25, 0.3) is 0 Å². The fraction of sp³-hybridized carbons (Fsp3) is 0.600. The number of hydrogen-bond donors (Lipinski definition) is 0. The number of ketones is 2. The van der Waals surface area contributed by atoms with Crippen molar-refractivity contribution in [1.82, 2.24) is 0 Å². The fourth-order valence-corrected chi connectivity index (χ4v) is 1.65. The lowest BCUT2D eigenvalue weighted by Gasteiger charge is -2.09. The maximum absolute atomic E-state index is 11.2. The first-order chi connectivity index (χ1) is 6.91. The summed E-state index contributed by atoms with van der Waals surface area (Å²) in [5.74, 6) is -3.33. The van der Waals surface area contributed by atoms with Crippen LogP contribution in [0.2, 0.25) is 0 Å². The van der Waals surface area contributed by atoms with E-state index in [4.69, 9.17) is 0 Å². The summed E-state index contributed by atoms with van der Waals surface area (Å²) < 4.78 is 4.41. The van der Waals surface area contributed by atoms with E-state index in [1.54, 1.807) is 0 Å². The van der Waals surface area contributed by atoms with E-state index in [1.807, 2.05) is 0 Å². The van der Waals surface area contributed by atoms with E-state index in [9.17, 15) is 19.2 Å². The van der Waals surface area contributed by atoms with Crippen molar-refractivity contribution in [3.63, 3.8) is 0 Å². The molecule has 0 amide bonds. The molecule has 0 spiro atoms. The van der Waals surface area contributed by atoms with Crippen LogP contribution in [-0.4, -0.2) is 23.5 Å². The smallest absolute Gasteiger partial charge is 0.317 e. The molecule has 1 aliphatic rings. The number of carbonyl (C=O) groups is 4. The maximum atomic E-state index is 11.2. The Morgan fingerprint density at radius 2 is 1.33 bits per heavy atom. The molecule has 1 fully saturated rings. The van der Waals surface area contributed by atoms with E-state index < -0.39 is 23.8 Å². The molecule has 0 aromatic carbocycles. The minimum atomic E-state index is -0.779. The van der Waals surface area contributed by atoms with Crippen LogP contribution < -0.4 is 0 Å². The van der Waals surface area contributed by atoms with Crippen molar-refractivity contribution < 1.29 is 23.9 Å². The third-order valence-electron chi connectivity index (χ3n) is 2.31. The molecule has 0 bridgehead atoms. The Bertz CT molecular complexity index is 299. The van der Waals surface area contributed by atoms with Crippen LogP contribution in [0.1, 0.15) is 26.7 Å². The molecule has 0 unspecified atom stereocenters. The molecule has 0 aromatic heterocycles. The topological polar surface area (TPSA) is 77.5 Å². The molecule has 0 aromatic rings. The first kappa shape index (κ1) is 11.6. The largest absolute Gasteiger partial charge is 0.393 e. The second kappa shape index (κ2) is 4.33. The van der Waals surface area contributed by atoms with Gasteiger partial charge in [-0.2, -0.15) is 0 Å². The number of cyclic esters (lactones) is 2. The SMILES string of the molecule is CC(=O)C[C@H]1C(=O)OC(=O)[C@@H]1CC(C)=O. The minimum Gasteiger partial charge on any atom is -0.393 e. The van der Waals surface area contributed by atoms with Gasteiger partial charge in [-0.15, -0.1) is 0 Å². The van der Waals surface area contributed by atoms with Gasteiger partial charge >= 0.3 is 11.9 Å². The molecule has 0 aliphatic carbocycles. The second-order valence-electron chi connectivity index (χ2n) is 3.77. The summed E-state index contributed by atoms with van der Waals surface area (Å²) in [7, 11) is 0. The molecule has 5 heteroatoms. The summed E-state index contributed by atoms with van der Waals surface area (Å²) in [6.45, 7) is 2.67. The summed E-state index contributed by atoms with van der Waals surface area (Å²) in [4.78, 5) is 44.2. The highest BCUT2D eigenvalue weighted by atomic mass is 16.6. The van der Waals surface area contributed by atoms with Gasteiger partial charge in [0.05, 0.1) is 11.8 Å². The van der Waals surface area contributed by atoms with Gasteiger partial charge in [-0.3, -0.25) is 9.59 Å². The molecule has 5 nitrogen and oxygen atoms in total. The third kappa shape index (κ3) is 2.71. The molecule has 1 aliphatic heterocycles. The molecular formula is C10H12O5. The van der Waals surface area contributed by atoms with Crippen molar-refractivity contribution in [3.05, 3.63) is 0 Å². The maximum Gasteiger partial charge on any atom is 0.317 e. The van der Waals surface area contributed by atoms with Crippen molar-refractivity contribution in [2.45, 2.75) is 26.7 Å². The molecular weight excluding hydrogens is 200 g/mol. The summed E-state index contributed by atoms with van der Waals surface area (Å²) in [5, 5.41) is 0. The molecule has 15 heavy (non-hydrogen) atoms. The van der Waals surface area contributed by atoms with E-state index in [1.165, 1.54) is 13.8 Å². The first-order valence-electron chi connectivity index (χ1n) is 4.66. The van der Waals surface area contributed by atoms with Gasteiger partial charge in [-0.25, -0.2) is 0 Å². The Labute approximate surface area is 86.8 Å². The summed E-state index contributed by atoms with van der Waals surface area (Å²) in [6.07, 6.45) is -0.0783. The molecule has 1 rings (SSSR count). The van der Waals surface area contributed by atoms with Crippen LogP contribution >= 0.6 is 0 Å². The third-order valence-corrected chi connectivity index (χ3v) is 2.31. The number of carbonyl (C=O) groups excluding carboxylic acids is 4. The van der Waals surface area contributed by atoms with Gasteiger partial charge in [0.15, 0.2) is 0 Å². The number of ether oxygens (including phenoxy) is 1. The summed E-state index contributed by atoms with van der Waals surface area (Å²) >= 11 is 0. The molecule has 1 heterocycles. The molecule has 0 radical (unpaired) electrons. The van der Waals surface area contributed by atoms with Crippen LogP contribution in [0.15, 0.2) is 0 Å². The van der Waals surface area contributed by atoms with Gasteiger partial charge in [0.2, 0.25) is 0 Å². The number of Topliss-reactive ketones (excluding diaryl/α,β-unsaturated/α-hetero) is 2. The van der Waals surface area contributed by atoms with Crippen LogP contribution in [0.4, 0.5) is 0 Å². The Hall–Kier alpha value is -1.52. The average Bonchev–Trinajstić information content (AvgIpc) is 2.30. The quantitative estimate of drug-likeness (QED) is 0.493. The van der Waals surface area contributed by atoms with E-state index >= 15 is 0 Å². The Morgan fingerprint density at radius 3 is 1.60 bits per heavy atom. The lowest BCUT2D eigenvalue weighted by atomic mass is 9.87. The second-order valence-corrected chi connectivity index (χ2v) is 3.77. The van der Waals surface area contributed by atoms with E-state index in [0.717, 1.165) is 0 Å². The number of rotatable bonds is 4. The van der Waals surface area contributed by atoms with Crippen molar-refractivity contribution in [1.29, 1.82) is 0 Å². The molecule has 0 saturated carbocycles. The molecule has 1 saturated heterocycles. The van der Waals surface area contributed by atoms with Gasteiger partial charge in [0.1, 0.15) is 11.6 Å². The monoisotopic (exact) mass is 212 g/mol. The average molecular weight is 212 g/mol. The van der Waals surface area contributed by atoms with Crippen LogP contribution in [0, 0.1) is 11.8 Å². The molecule has 0 N–H and O–H groups in total. The van der Waals surface area contributed by atoms with E-state index in [2.05, 4.69) is 4.74 Å². The predicted octanol–water partition coefficient (Wildman–Crippen LogP) is 0.260. The van der Waals surface area contributed by atoms with Crippen molar-refractivity contribution in [3.8, 4) is 0 Å². The predicted molar refractivity (Wildman–Crippen MR) is 48.7 cm³/mol. The van der Waals surface area contributed by atoms with Crippen LogP contribution in [0.25, 0.3) is 0 Å². The zero-order valence-electron chi connectivity index (χ0n) is 8.61. The van der Waals surface area contributed by atoms with Gasteiger partial charge < -0.3 is 14.3 Å². The minimum absolute atomic E-state index is 0.0392. The fourth-order valence-electron chi connectivity index (χ4n) is 1.65. The van der Waals surface area contributed by atoms with Gasteiger partial charge in [0, 0.05) is 12.8 Å². The van der Waals surface area contributed by atoms with Crippen molar-refractivity contribution in [2.24, 2.45) is 11.8 Å². The summed E-state index contributed by atoms with van der Waals surface area (Å²) in [6, 6.07) is 0. The van der Waals surface area contributed by atoms with E-state index in [-0.39, 0.29) is 24.4 Å². The first-order valence-corrected chi connectivity index (χ1v) is 4.66. The van der Waals surface area contributed by atoms with Crippen LogP contribution in [-0.2, 0) is 23.9 Å². The highest BCUT2D eigenvalue weighted by Crippen LogP contribution is 2.29. The number of hydrogen-bond acceptors (Lipinski definition) is 5. The lowest BCUT2D eigenvalue weighted by molar-refractivity contribution is -0.154. The van der Waals surface area contributed by atoms with Gasteiger partial charge in [-0.1, -0.05) is 0 Å². The van der Waals surface area contributed by atoms with Crippen LogP contribution in [0.3, 0.4) is 0 Å². The van der Waals surface area contributed by atoms with Gasteiger partial charge in [-0.05, 0) is 13.8 Å². The van der Waals surface area contributed by atoms with Crippen molar-refractivity contribution >= 4 is 23.5 Å². The zero-order chi connectivity index (χ0) is 11.6. The highest BCUT2D eigenvalue weighted by Gasteiger charge is 2.44. The van der Waals surface area contributed by atoms with Crippen molar-refractivity contribution in [2.75, 3.05) is 0 Å². The normalized spacial score (nSPS) is 25.2. The zero-order valence-corrected chi connectivity index (χ0v) is 8.61. The number of esters is 2. The highest BCUT2D eigenvalue weighted by molar-refractivity contribution is 6.00. The van der Waals surface area contributed by atoms with E-state index in [0.29, 0.717) is 0 Å². The Morgan fingerprint density at radius 1 is 1.00 bits per heavy atom. The standard InChI is InChI=1S/C10H12O5/c1-5(11)3-7-8(4-6(2)12)10(14)15-9(7)13/h7-8H,3-4H2,1-2H3/t7-,8-/m1/s1. The van der Waals surface area contributed by atoms with Crippen LogP contribution in [0.5, 0.6) is 0 Å². The molecule has 82 valence electrons. The lowest BCUT2D eigenvalue weighted by Crippen LogP contribution is -2.22. The Balaban J connectivity index is 2.79. The summed E-state index contributed by atoms with van der Waals surface area (Å²) in [5.41, 5.74) is 0. The molecule has 2 atom stereocenters. The Kier molecular flexibility index (Phi) is 3.34.